The second-order valence-electron chi connectivity index (χ2n) is 8.07. The number of aliphatic hydroxyl groups excluding tert-OH is 1. The van der Waals surface area contributed by atoms with E-state index in [-0.39, 0.29) is 24.3 Å². The van der Waals surface area contributed by atoms with E-state index in [0.717, 1.165) is 10.8 Å². The molecule has 4 rings (SSSR count). The number of fused-ring (bicyclic) bond motifs is 1. The molecule has 1 amide bonds. The highest BCUT2D eigenvalue weighted by molar-refractivity contribution is 5.99. The summed E-state index contributed by atoms with van der Waals surface area (Å²) in [6.07, 6.45) is 3.47. The third-order valence-electron chi connectivity index (χ3n) is 5.47. The van der Waals surface area contributed by atoms with Crippen LogP contribution in [0.15, 0.2) is 60.9 Å². The molecule has 0 spiro atoms. The number of amides is 1. The summed E-state index contributed by atoms with van der Waals surface area (Å²) in [5.74, 6) is -0.126. The molecule has 0 bridgehead atoms. The summed E-state index contributed by atoms with van der Waals surface area (Å²) in [5, 5.41) is 21.5. The van der Waals surface area contributed by atoms with Gasteiger partial charge in [0.25, 0.3) is 5.91 Å². The fourth-order valence-electron chi connectivity index (χ4n) is 3.65. The number of hydrogen-bond donors (Lipinski definition) is 3. The fourth-order valence-corrected chi connectivity index (χ4v) is 3.65. The third kappa shape index (κ3) is 4.99. The van der Waals surface area contributed by atoms with Crippen LogP contribution in [0.5, 0.6) is 5.75 Å². The molecule has 176 valence electrons. The molecule has 8 nitrogen and oxygen atoms in total. The van der Waals surface area contributed by atoms with Gasteiger partial charge in [-0.25, -0.2) is 9.37 Å². The maximum atomic E-state index is 14.4. The molecular formula is C25H26FN5O3. The molecule has 0 aliphatic rings. The van der Waals surface area contributed by atoms with Crippen LogP contribution in [-0.2, 0) is 7.05 Å². The van der Waals surface area contributed by atoms with Crippen molar-refractivity contribution in [2.75, 3.05) is 19.0 Å². The Morgan fingerprint density at radius 2 is 2.00 bits per heavy atom. The Kier molecular flexibility index (Phi) is 6.74. The van der Waals surface area contributed by atoms with Gasteiger partial charge < -0.3 is 20.5 Å². The molecule has 9 heteroatoms. The van der Waals surface area contributed by atoms with Crippen molar-refractivity contribution in [1.82, 2.24) is 20.1 Å². The first-order chi connectivity index (χ1) is 16.4. The summed E-state index contributed by atoms with van der Waals surface area (Å²) in [7, 11) is 3.17. The maximum absolute atomic E-state index is 14.4. The molecule has 0 aliphatic heterocycles. The number of anilines is 1. The van der Waals surface area contributed by atoms with Gasteiger partial charge in [0, 0.05) is 36.4 Å². The van der Waals surface area contributed by atoms with Crippen LogP contribution in [0.2, 0.25) is 0 Å². The fraction of sp³-hybridized carbons (Fsp3) is 0.240. The van der Waals surface area contributed by atoms with E-state index in [0.29, 0.717) is 22.6 Å². The number of nitrogens with one attached hydrogen (secondary N) is 2. The molecule has 0 aliphatic carbocycles. The summed E-state index contributed by atoms with van der Waals surface area (Å²) in [5.41, 5.74) is 1.56. The van der Waals surface area contributed by atoms with Crippen molar-refractivity contribution in [2.45, 2.75) is 19.0 Å². The van der Waals surface area contributed by atoms with Gasteiger partial charge in [0.2, 0.25) is 0 Å². The van der Waals surface area contributed by atoms with Gasteiger partial charge in [-0.2, -0.15) is 5.10 Å². The topological polar surface area (TPSA) is 101 Å². The number of nitrogens with zero attached hydrogens (tertiary/aromatic N) is 3. The highest BCUT2D eigenvalue weighted by atomic mass is 19.1. The molecule has 2 aromatic carbocycles. The average molecular weight is 464 g/mol. The Morgan fingerprint density at radius 3 is 2.68 bits per heavy atom. The Bertz CT molecular complexity index is 1320. The molecule has 4 aromatic rings. The third-order valence-corrected chi connectivity index (χ3v) is 5.47. The second-order valence-corrected chi connectivity index (χ2v) is 8.07. The van der Waals surface area contributed by atoms with Crippen molar-refractivity contribution in [3.63, 3.8) is 0 Å². The maximum Gasteiger partial charge on any atom is 0.252 e. The standard InChI is InChI=1S/C25H26FN5O3/c1-15(14-32)28-23-12-19-10-17(4-5-18(19)13-27-23)25(33)29-24(21-8-9-31(2)30-21)16-6-7-22(34-3)20(26)11-16/h4-13,15,24,32H,14H2,1-3H3,(H,27,28)(H,29,33)/t15-,24-/m0/s1. The van der Waals surface area contributed by atoms with E-state index >= 15 is 0 Å². The number of carbonyl (C=O) groups excluding carboxylic acids is 1. The molecule has 3 N–H and O–H groups in total. The Morgan fingerprint density at radius 1 is 1.18 bits per heavy atom. The average Bonchev–Trinajstić information content (AvgIpc) is 3.27. The van der Waals surface area contributed by atoms with Crippen molar-refractivity contribution in [1.29, 1.82) is 0 Å². The summed E-state index contributed by atoms with van der Waals surface area (Å²) in [4.78, 5) is 17.6. The highest BCUT2D eigenvalue weighted by Crippen LogP contribution is 2.27. The zero-order valence-electron chi connectivity index (χ0n) is 19.1. The van der Waals surface area contributed by atoms with E-state index in [1.807, 2.05) is 19.1 Å². The second kappa shape index (κ2) is 9.88. The minimum absolute atomic E-state index is 0.0248. The number of pyridine rings is 1. The SMILES string of the molecule is COc1ccc([C@H](NC(=O)c2ccc3cnc(N[C@@H](C)CO)cc3c2)c2ccn(C)n2)cc1F. The van der Waals surface area contributed by atoms with Crippen LogP contribution < -0.4 is 15.4 Å². The van der Waals surface area contributed by atoms with Gasteiger partial charge in [0.1, 0.15) is 5.82 Å². The van der Waals surface area contributed by atoms with Crippen LogP contribution in [0.4, 0.5) is 10.2 Å². The number of aryl methyl sites for hydroxylation is 1. The summed E-state index contributed by atoms with van der Waals surface area (Å²) in [6, 6.07) is 12.7. The lowest BCUT2D eigenvalue weighted by Crippen LogP contribution is -2.29. The van der Waals surface area contributed by atoms with Crippen molar-refractivity contribution in [3.8, 4) is 5.75 Å². The van der Waals surface area contributed by atoms with Gasteiger partial charge in [-0.1, -0.05) is 12.1 Å². The highest BCUT2D eigenvalue weighted by Gasteiger charge is 2.22. The minimum Gasteiger partial charge on any atom is -0.494 e. The number of methoxy groups -OCH3 is 1. The number of ether oxygens (including phenoxy) is 1. The predicted molar refractivity (Wildman–Crippen MR) is 127 cm³/mol. The van der Waals surface area contributed by atoms with E-state index < -0.39 is 11.9 Å². The van der Waals surface area contributed by atoms with Crippen molar-refractivity contribution in [2.24, 2.45) is 7.05 Å². The number of rotatable bonds is 8. The Labute approximate surface area is 196 Å². The normalized spacial score (nSPS) is 12.9. The first kappa shape index (κ1) is 23.2. The molecule has 2 atom stereocenters. The molecule has 0 saturated heterocycles. The summed E-state index contributed by atoms with van der Waals surface area (Å²) < 4.78 is 21.1. The number of aliphatic hydroxyl groups is 1. The van der Waals surface area contributed by atoms with Crippen molar-refractivity contribution < 1.29 is 19.0 Å². The summed E-state index contributed by atoms with van der Waals surface area (Å²) >= 11 is 0. The van der Waals surface area contributed by atoms with Crippen molar-refractivity contribution >= 4 is 22.5 Å². The lowest BCUT2D eigenvalue weighted by atomic mass is 10.0. The van der Waals surface area contributed by atoms with Crippen LogP contribution in [0, 0.1) is 5.82 Å². The molecule has 0 radical (unpaired) electrons. The van der Waals surface area contributed by atoms with Gasteiger partial charge in [-0.15, -0.1) is 0 Å². The molecule has 2 aromatic heterocycles. The molecule has 34 heavy (non-hydrogen) atoms. The number of carbonyl (C=O) groups is 1. The molecule has 0 fully saturated rings. The molecule has 0 saturated carbocycles. The van der Waals surface area contributed by atoms with Gasteiger partial charge in [0.15, 0.2) is 11.6 Å². The van der Waals surface area contributed by atoms with Crippen molar-refractivity contribution in [3.05, 3.63) is 83.6 Å². The zero-order chi connectivity index (χ0) is 24.2. The monoisotopic (exact) mass is 463 g/mol. The van der Waals surface area contributed by atoms with Gasteiger partial charge >= 0.3 is 0 Å². The molecule has 2 heterocycles. The number of halogens is 1. The lowest BCUT2D eigenvalue weighted by molar-refractivity contribution is 0.0942. The van der Waals surface area contributed by atoms with Gasteiger partial charge in [0.05, 0.1) is 25.5 Å². The van der Waals surface area contributed by atoms with Crippen LogP contribution in [0.25, 0.3) is 10.8 Å². The van der Waals surface area contributed by atoms with Gasteiger partial charge in [-0.05, 0) is 54.3 Å². The van der Waals surface area contributed by atoms with Crippen LogP contribution >= 0.6 is 0 Å². The minimum atomic E-state index is -0.662. The Balaban J connectivity index is 1.65. The number of hydrogen-bond acceptors (Lipinski definition) is 6. The lowest BCUT2D eigenvalue weighted by Gasteiger charge is -2.18. The van der Waals surface area contributed by atoms with E-state index in [2.05, 4.69) is 20.7 Å². The van der Waals surface area contributed by atoms with E-state index in [9.17, 15) is 14.3 Å². The number of benzene rings is 2. The van der Waals surface area contributed by atoms with E-state index in [1.54, 1.807) is 48.4 Å². The molecule has 0 unspecified atom stereocenters. The smallest absolute Gasteiger partial charge is 0.252 e. The predicted octanol–water partition coefficient (Wildman–Crippen LogP) is 3.43. The number of aromatic nitrogens is 3. The summed E-state index contributed by atoms with van der Waals surface area (Å²) in [6.45, 7) is 1.82. The van der Waals surface area contributed by atoms with E-state index in [1.165, 1.54) is 19.2 Å². The first-order valence-electron chi connectivity index (χ1n) is 10.8. The quantitative estimate of drug-likeness (QED) is 0.370. The Hall–Kier alpha value is -3.98. The van der Waals surface area contributed by atoms with Crippen LogP contribution in [0.1, 0.15) is 34.6 Å². The largest absolute Gasteiger partial charge is 0.494 e. The zero-order valence-corrected chi connectivity index (χ0v) is 19.1. The molecular weight excluding hydrogens is 437 g/mol. The van der Waals surface area contributed by atoms with Crippen LogP contribution in [0.3, 0.4) is 0 Å². The first-order valence-corrected chi connectivity index (χ1v) is 10.8. The van der Waals surface area contributed by atoms with E-state index in [4.69, 9.17) is 4.74 Å². The van der Waals surface area contributed by atoms with Gasteiger partial charge in [-0.3, -0.25) is 9.48 Å². The van der Waals surface area contributed by atoms with Crippen LogP contribution in [-0.4, -0.2) is 45.5 Å².